The SMILES string of the molecule is C=C/C=C\C(Cl)=C/N.CCC(N)=O. The smallest absolute Gasteiger partial charge is 0.217 e. The summed E-state index contributed by atoms with van der Waals surface area (Å²) in [5.41, 5.74) is 9.69. The molecule has 0 aromatic rings. The largest absolute Gasteiger partial charge is 0.403 e. The third kappa shape index (κ3) is 18.1. The van der Waals surface area contributed by atoms with E-state index in [4.69, 9.17) is 17.3 Å². The van der Waals surface area contributed by atoms with E-state index in [9.17, 15) is 4.79 Å². The van der Waals surface area contributed by atoms with Crippen molar-refractivity contribution in [2.45, 2.75) is 13.3 Å². The average Bonchev–Trinajstić information content (AvgIpc) is 2.15. The third-order valence-corrected chi connectivity index (χ3v) is 1.15. The van der Waals surface area contributed by atoms with Crippen LogP contribution in [0.15, 0.2) is 36.0 Å². The van der Waals surface area contributed by atoms with E-state index >= 15 is 0 Å². The second kappa shape index (κ2) is 10.8. The van der Waals surface area contributed by atoms with Crippen molar-refractivity contribution in [1.82, 2.24) is 0 Å². The van der Waals surface area contributed by atoms with Crippen molar-refractivity contribution in [2.24, 2.45) is 11.5 Å². The van der Waals surface area contributed by atoms with Crippen LogP contribution in [0.4, 0.5) is 0 Å². The van der Waals surface area contributed by atoms with E-state index < -0.39 is 0 Å². The van der Waals surface area contributed by atoms with Crippen LogP contribution in [0, 0.1) is 0 Å². The lowest BCUT2D eigenvalue weighted by atomic mass is 10.5. The summed E-state index contributed by atoms with van der Waals surface area (Å²) in [7, 11) is 0. The standard InChI is InChI=1S/C6H8ClN.C3H7NO/c1-2-3-4-6(7)5-8;1-2-3(4)5/h2-5H,1,8H2;2H2,1H3,(H2,4,5)/b4-3-,6-5+;. The van der Waals surface area contributed by atoms with Gasteiger partial charge in [-0.25, -0.2) is 0 Å². The van der Waals surface area contributed by atoms with E-state index in [1.807, 2.05) is 0 Å². The Kier molecular flexibility index (Phi) is 11.9. The molecule has 0 unspecified atom stereocenters. The molecule has 0 saturated heterocycles. The molecular formula is C9H15ClN2O. The molecule has 0 aliphatic rings. The lowest BCUT2D eigenvalue weighted by molar-refractivity contribution is -0.117. The predicted octanol–water partition coefficient (Wildman–Crippen LogP) is 1.65. The number of carbonyl (C=O) groups excluding carboxylic acids is 1. The molecule has 0 fully saturated rings. The van der Waals surface area contributed by atoms with E-state index in [2.05, 4.69) is 12.3 Å². The first-order chi connectivity index (χ1) is 6.08. The molecule has 13 heavy (non-hydrogen) atoms. The molecule has 4 N–H and O–H groups in total. The molecule has 0 aliphatic carbocycles. The van der Waals surface area contributed by atoms with Crippen LogP contribution >= 0.6 is 11.6 Å². The normalized spacial score (nSPS) is 10.5. The van der Waals surface area contributed by atoms with E-state index in [1.165, 1.54) is 6.20 Å². The predicted molar refractivity (Wildman–Crippen MR) is 56.9 cm³/mol. The fourth-order valence-electron chi connectivity index (χ4n) is 0.216. The molecule has 0 aliphatic heterocycles. The van der Waals surface area contributed by atoms with Gasteiger partial charge in [-0.1, -0.05) is 37.3 Å². The Morgan fingerprint density at radius 1 is 1.62 bits per heavy atom. The first kappa shape index (κ1) is 14.3. The Morgan fingerprint density at radius 2 is 2.08 bits per heavy atom. The van der Waals surface area contributed by atoms with Gasteiger partial charge in [0.2, 0.25) is 5.91 Å². The van der Waals surface area contributed by atoms with Crippen molar-refractivity contribution >= 4 is 17.5 Å². The van der Waals surface area contributed by atoms with Gasteiger partial charge in [-0.3, -0.25) is 4.79 Å². The van der Waals surface area contributed by atoms with Gasteiger partial charge >= 0.3 is 0 Å². The second-order valence-corrected chi connectivity index (χ2v) is 2.40. The number of nitrogens with two attached hydrogens (primary N) is 2. The van der Waals surface area contributed by atoms with E-state index in [-0.39, 0.29) is 5.91 Å². The fourth-order valence-corrected chi connectivity index (χ4v) is 0.288. The summed E-state index contributed by atoms with van der Waals surface area (Å²) in [6, 6.07) is 0. The van der Waals surface area contributed by atoms with Crippen LogP contribution in [0.5, 0.6) is 0 Å². The van der Waals surface area contributed by atoms with Crippen molar-refractivity contribution in [3.8, 4) is 0 Å². The van der Waals surface area contributed by atoms with Crippen LogP contribution in [-0.2, 0) is 4.79 Å². The van der Waals surface area contributed by atoms with E-state index in [0.717, 1.165) is 0 Å². The number of halogens is 1. The van der Waals surface area contributed by atoms with Crippen LogP contribution in [-0.4, -0.2) is 5.91 Å². The van der Waals surface area contributed by atoms with Gasteiger partial charge in [0.05, 0.1) is 5.03 Å². The number of amides is 1. The van der Waals surface area contributed by atoms with Gasteiger partial charge < -0.3 is 11.5 Å². The highest BCUT2D eigenvalue weighted by atomic mass is 35.5. The van der Waals surface area contributed by atoms with Gasteiger partial charge in [-0.2, -0.15) is 0 Å². The van der Waals surface area contributed by atoms with Crippen molar-refractivity contribution in [3.63, 3.8) is 0 Å². The van der Waals surface area contributed by atoms with Crippen LogP contribution in [0.3, 0.4) is 0 Å². The number of allylic oxidation sites excluding steroid dienone is 4. The Labute approximate surface area is 83.7 Å². The Hall–Kier alpha value is -1.22. The van der Waals surface area contributed by atoms with Crippen LogP contribution in [0.1, 0.15) is 13.3 Å². The fraction of sp³-hybridized carbons (Fsp3) is 0.222. The molecule has 0 rings (SSSR count). The first-order valence-corrected chi connectivity index (χ1v) is 4.11. The first-order valence-electron chi connectivity index (χ1n) is 3.73. The highest BCUT2D eigenvalue weighted by Crippen LogP contribution is 1.98. The molecular weight excluding hydrogens is 188 g/mol. The third-order valence-electron chi connectivity index (χ3n) is 0.899. The van der Waals surface area contributed by atoms with Crippen molar-refractivity contribution < 1.29 is 4.79 Å². The molecule has 1 amide bonds. The quantitative estimate of drug-likeness (QED) is 0.684. The van der Waals surface area contributed by atoms with Gasteiger partial charge in [0.25, 0.3) is 0 Å². The van der Waals surface area contributed by atoms with Crippen molar-refractivity contribution in [3.05, 3.63) is 36.0 Å². The molecule has 0 saturated carbocycles. The number of carbonyl (C=O) groups is 1. The Bertz CT molecular complexity index is 210. The maximum absolute atomic E-state index is 9.59. The molecule has 0 aromatic heterocycles. The van der Waals surface area contributed by atoms with Crippen LogP contribution in [0.25, 0.3) is 0 Å². The monoisotopic (exact) mass is 202 g/mol. The lowest BCUT2D eigenvalue weighted by Gasteiger charge is -1.79. The van der Waals surface area contributed by atoms with Gasteiger partial charge in [-0.05, 0) is 6.08 Å². The summed E-state index contributed by atoms with van der Waals surface area (Å²) in [5.74, 6) is -0.245. The Morgan fingerprint density at radius 3 is 2.31 bits per heavy atom. The minimum absolute atomic E-state index is 0.245. The average molecular weight is 203 g/mol. The molecule has 0 atom stereocenters. The van der Waals surface area contributed by atoms with E-state index in [1.54, 1.807) is 25.2 Å². The van der Waals surface area contributed by atoms with Crippen LogP contribution in [0.2, 0.25) is 0 Å². The maximum Gasteiger partial charge on any atom is 0.217 e. The highest BCUT2D eigenvalue weighted by molar-refractivity contribution is 6.31. The molecule has 3 nitrogen and oxygen atoms in total. The Balaban J connectivity index is 0. The maximum atomic E-state index is 9.59. The number of rotatable bonds is 3. The summed E-state index contributed by atoms with van der Waals surface area (Å²) >= 11 is 5.45. The molecule has 0 aromatic carbocycles. The topological polar surface area (TPSA) is 69.1 Å². The molecule has 74 valence electrons. The minimum atomic E-state index is -0.245. The number of hydrogen-bond acceptors (Lipinski definition) is 2. The summed E-state index contributed by atoms with van der Waals surface area (Å²) in [5, 5.41) is 0.518. The van der Waals surface area contributed by atoms with Gasteiger partial charge in [0.15, 0.2) is 0 Å². The van der Waals surface area contributed by atoms with Crippen LogP contribution < -0.4 is 11.5 Å². The van der Waals surface area contributed by atoms with Crippen molar-refractivity contribution in [1.29, 1.82) is 0 Å². The zero-order valence-electron chi connectivity index (χ0n) is 7.66. The van der Waals surface area contributed by atoms with Crippen molar-refractivity contribution in [2.75, 3.05) is 0 Å². The zero-order chi connectivity index (χ0) is 10.7. The summed E-state index contributed by atoms with van der Waals surface area (Å²) in [6.07, 6.45) is 6.77. The highest BCUT2D eigenvalue weighted by Gasteiger charge is 1.77. The number of hydrogen-bond donors (Lipinski definition) is 2. The molecule has 0 heterocycles. The summed E-state index contributed by atoms with van der Waals surface area (Å²) in [6.45, 7) is 5.18. The number of primary amides is 1. The zero-order valence-corrected chi connectivity index (χ0v) is 8.42. The van der Waals surface area contributed by atoms with Gasteiger partial charge in [-0.15, -0.1) is 0 Å². The van der Waals surface area contributed by atoms with Gasteiger partial charge in [0, 0.05) is 12.6 Å². The summed E-state index contributed by atoms with van der Waals surface area (Å²) in [4.78, 5) is 9.59. The molecule has 4 heteroatoms. The lowest BCUT2D eigenvalue weighted by Crippen LogP contribution is -2.06. The summed E-state index contributed by atoms with van der Waals surface area (Å²) < 4.78 is 0. The molecule has 0 radical (unpaired) electrons. The second-order valence-electron chi connectivity index (χ2n) is 1.97. The minimum Gasteiger partial charge on any atom is -0.403 e. The van der Waals surface area contributed by atoms with E-state index in [0.29, 0.717) is 11.5 Å². The molecule has 0 bridgehead atoms. The van der Waals surface area contributed by atoms with Gasteiger partial charge in [0.1, 0.15) is 0 Å². The molecule has 0 spiro atoms.